The molecule has 0 aromatic heterocycles. The molecule has 1 atom stereocenters. The summed E-state index contributed by atoms with van der Waals surface area (Å²) >= 11 is 0. The summed E-state index contributed by atoms with van der Waals surface area (Å²) < 4.78 is 6.83. The largest absolute Gasteiger partial charge is 1.00 e. The molecule has 0 saturated carbocycles. The number of rotatable bonds is 28. The molecule has 1 unspecified atom stereocenters. The summed E-state index contributed by atoms with van der Waals surface area (Å²) in [6, 6.07) is 0. The maximum absolute atomic E-state index is 12.3. The van der Waals surface area contributed by atoms with Gasteiger partial charge in [-0.2, -0.15) is 0 Å². The van der Waals surface area contributed by atoms with Crippen LogP contribution < -0.4 is 12.4 Å². The Balaban J connectivity index is 0. The topological polar surface area (TPSA) is 26.3 Å². The van der Waals surface area contributed by atoms with Crippen LogP contribution in [-0.4, -0.2) is 43.7 Å². The zero-order chi connectivity index (χ0) is 27.6. The molecule has 0 fully saturated rings. The quantitative estimate of drug-likeness (QED) is 0.0429. The van der Waals surface area contributed by atoms with E-state index in [0.717, 1.165) is 30.4 Å². The standard InChI is InChI=1S/C34H68NO2.ClH/c1-7-9-11-13-15-17-19-20-21-23-25-27-29-33(37-34(36)32(3)4)31-35(5,6)30-28-26-24-22-18-16-14-12-10-8-2;/h33H,3,7-31H2,1-2,4-6H3;1H/q+1;/p-1. The third kappa shape index (κ3) is 27.0. The average Bonchev–Trinajstić information content (AvgIpc) is 2.85. The van der Waals surface area contributed by atoms with Crippen molar-refractivity contribution in [3.05, 3.63) is 12.2 Å². The van der Waals surface area contributed by atoms with Gasteiger partial charge in [-0.1, -0.05) is 142 Å². The molecule has 0 rings (SSSR count). The Hall–Kier alpha value is -0.540. The second-order valence-electron chi connectivity index (χ2n) is 12.5. The molecule has 0 heterocycles. The van der Waals surface area contributed by atoms with Gasteiger partial charge < -0.3 is 21.6 Å². The lowest BCUT2D eigenvalue weighted by Crippen LogP contribution is -3.00. The highest BCUT2D eigenvalue weighted by atomic mass is 35.5. The summed E-state index contributed by atoms with van der Waals surface area (Å²) in [4.78, 5) is 12.3. The predicted octanol–water partition coefficient (Wildman–Crippen LogP) is 7.57. The molecule has 228 valence electrons. The maximum Gasteiger partial charge on any atom is 0.333 e. The van der Waals surface area contributed by atoms with Gasteiger partial charge in [0.15, 0.2) is 6.10 Å². The van der Waals surface area contributed by atoms with Gasteiger partial charge in [0, 0.05) is 5.57 Å². The Morgan fingerprint density at radius 2 is 0.974 bits per heavy atom. The van der Waals surface area contributed by atoms with Crippen LogP contribution in [-0.2, 0) is 9.53 Å². The van der Waals surface area contributed by atoms with Crippen molar-refractivity contribution >= 4 is 5.97 Å². The SMILES string of the molecule is C=C(C)C(=O)OC(CCCCCCCCCCCCCC)C[N+](C)(C)CCCCCCCCCCCC.[Cl-]. The number of esters is 1. The molecular weight excluding hydrogens is 490 g/mol. The lowest BCUT2D eigenvalue weighted by Gasteiger charge is -2.33. The molecule has 0 radical (unpaired) electrons. The number of carbonyl (C=O) groups excluding carboxylic acids is 1. The van der Waals surface area contributed by atoms with Crippen LogP contribution in [0.2, 0.25) is 0 Å². The van der Waals surface area contributed by atoms with Crippen molar-refractivity contribution in [2.45, 2.75) is 175 Å². The first-order chi connectivity index (χ1) is 17.8. The molecule has 0 aliphatic rings. The molecule has 0 aromatic carbocycles. The van der Waals surface area contributed by atoms with Crippen LogP contribution in [0.3, 0.4) is 0 Å². The van der Waals surface area contributed by atoms with Crippen molar-refractivity contribution in [2.24, 2.45) is 0 Å². The van der Waals surface area contributed by atoms with Gasteiger partial charge in [-0.3, -0.25) is 0 Å². The van der Waals surface area contributed by atoms with Gasteiger partial charge in [-0.05, 0) is 32.6 Å². The number of unbranched alkanes of at least 4 members (excludes halogenated alkanes) is 20. The second-order valence-corrected chi connectivity index (χ2v) is 12.5. The molecule has 0 N–H and O–H groups in total. The van der Waals surface area contributed by atoms with Crippen LogP contribution in [0, 0.1) is 0 Å². The molecular formula is C34H68ClNO2. The third-order valence-electron chi connectivity index (χ3n) is 7.82. The van der Waals surface area contributed by atoms with Crippen molar-refractivity contribution in [2.75, 3.05) is 27.2 Å². The Labute approximate surface area is 245 Å². The van der Waals surface area contributed by atoms with E-state index in [4.69, 9.17) is 4.74 Å². The number of hydrogen-bond donors (Lipinski definition) is 0. The van der Waals surface area contributed by atoms with Crippen molar-refractivity contribution < 1.29 is 26.4 Å². The Bertz CT molecular complexity index is 535. The molecule has 0 saturated heterocycles. The van der Waals surface area contributed by atoms with E-state index in [9.17, 15) is 4.79 Å². The number of nitrogens with zero attached hydrogens (tertiary/aromatic N) is 1. The summed E-state index contributed by atoms with van der Waals surface area (Å²) in [6.07, 6.45) is 31.0. The summed E-state index contributed by atoms with van der Waals surface area (Å²) in [5, 5.41) is 0. The van der Waals surface area contributed by atoms with Gasteiger partial charge in [-0.15, -0.1) is 0 Å². The number of ether oxygens (including phenoxy) is 1. The fourth-order valence-corrected chi connectivity index (χ4v) is 5.32. The molecule has 0 aliphatic heterocycles. The summed E-state index contributed by atoms with van der Waals surface area (Å²) in [6.45, 7) is 12.2. The summed E-state index contributed by atoms with van der Waals surface area (Å²) in [5.74, 6) is -0.220. The van der Waals surface area contributed by atoms with Crippen molar-refractivity contribution in [3.8, 4) is 0 Å². The molecule has 0 amide bonds. The molecule has 38 heavy (non-hydrogen) atoms. The number of carbonyl (C=O) groups is 1. The first-order valence-corrected chi connectivity index (χ1v) is 16.5. The number of likely N-dealkylation sites (N-methyl/N-ethyl adjacent to an activating group) is 1. The van der Waals surface area contributed by atoms with Gasteiger partial charge in [0.05, 0.1) is 20.6 Å². The van der Waals surface area contributed by atoms with E-state index in [1.54, 1.807) is 6.92 Å². The van der Waals surface area contributed by atoms with E-state index in [-0.39, 0.29) is 24.5 Å². The normalized spacial score (nSPS) is 12.2. The minimum absolute atomic E-state index is 0. The van der Waals surface area contributed by atoms with Crippen molar-refractivity contribution in [1.82, 2.24) is 0 Å². The van der Waals surface area contributed by atoms with E-state index in [0.29, 0.717) is 5.57 Å². The van der Waals surface area contributed by atoms with Crippen LogP contribution in [0.15, 0.2) is 12.2 Å². The van der Waals surface area contributed by atoms with E-state index >= 15 is 0 Å². The monoisotopic (exact) mass is 557 g/mol. The van der Waals surface area contributed by atoms with Gasteiger partial charge in [-0.25, -0.2) is 4.79 Å². The Morgan fingerprint density at radius 1 is 0.632 bits per heavy atom. The Morgan fingerprint density at radius 3 is 1.34 bits per heavy atom. The number of halogens is 1. The highest BCUT2D eigenvalue weighted by Crippen LogP contribution is 2.17. The van der Waals surface area contributed by atoms with Crippen molar-refractivity contribution in [1.29, 1.82) is 0 Å². The fourth-order valence-electron chi connectivity index (χ4n) is 5.32. The van der Waals surface area contributed by atoms with Crippen LogP contribution in [0.25, 0.3) is 0 Å². The second kappa shape index (κ2) is 28.0. The minimum Gasteiger partial charge on any atom is -1.00 e. The smallest absolute Gasteiger partial charge is 0.333 e. The zero-order valence-corrected chi connectivity index (χ0v) is 27.4. The van der Waals surface area contributed by atoms with Crippen molar-refractivity contribution in [3.63, 3.8) is 0 Å². The van der Waals surface area contributed by atoms with Crippen LogP contribution in [0.1, 0.15) is 168 Å². The molecule has 0 aliphatic carbocycles. The predicted molar refractivity (Wildman–Crippen MR) is 164 cm³/mol. The highest BCUT2D eigenvalue weighted by molar-refractivity contribution is 5.87. The lowest BCUT2D eigenvalue weighted by molar-refractivity contribution is -0.893. The first-order valence-electron chi connectivity index (χ1n) is 16.5. The van der Waals surface area contributed by atoms with Gasteiger partial charge in [0.1, 0.15) is 6.54 Å². The van der Waals surface area contributed by atoms with Gasteiger partial charge in [0.2, 0.25) is 0 Å². The molecule has 0 spiro atoms. The fraction of sp³-hybridized carbons (Fsp3) is 0.912. The summed E-state index contributed by atoms with van der Waals surface area (Å²) in [5.41, 5.74) is 0.514. The van der Waals surface area contributed by atoms with Gasteiger partial charge in [0.25, 0.3) is 0 Å². The van der Waals surface area contributed by atoms with E-state index in [1.165, 1.54) is 135 Å². The molecule has 0 aromatic rings. The number of hydrogen-bond acceptors (Lipinski definition) is 2. The average molecular weight is 558 g/mol. The van der Waals surface area contributed by atoms with Crippen LogP contribution in [0.5, 0.6) is 0 Å². The lowest BCUT2D eigenvalue weighted by atomic mass is 10.0. The van der Waals surface area contributed by atoms with Crippen LogP contribution >= 0.6 is 0 Å². The summed E-state index contributed by atoms with van der Waals surface area (Å²) in [7, 11) is 4.61. The van der Waals surface area contributed by atoms with E-state index in [2.05, 4.69) is 34.5 Å². The first kappa shape index (κ1) is 39.6. The van der Waals surface area contributed by atoms with Crippen LogP contribution in [0.4, 0.5) is 0 Å². The highest BCUT2D eigenvalue weighted by Gasteiger charge is 2.25. The Kier molecular flexibility index (Phi) is 29.2. The minimum atomic E-state index is -0.220. The molecule has 4 heteroatoms. The van der Waals surface area contributed by atoms with E-state index < -0.39 is 0 Å². The third-order valence-corrected chi connectivity index (χ3v) is 7.82. The molecule has 3 nitrogen and oxygen atoms in total. The number of quaternary nitrogens is 1. The zero-order valence-electron chi connectivity index (χ0n) is 26.6. The van der Waals surface area contributed by atoms with Gasteiger partial charge >= 0.3 is 5.97 Å². The maximum atomic E-state index is 12.3. The van der Waals surface area contributed by atoms with E-state index in [1.807, 2.05) is 0 Å². The molecule has 0 bridgehead atoms.